The third kappa shape index (κ3) is 4.61. The number of carbonyl (C=O) groups is 3. The van der Waals surface area contributed by atoms with Crippen molar-refractivity contribution in [1.29, 1.82) is 0 Å². The molecule has 0 aromatic rings. The molecule has 1 fully saturated rings. The fourth-order valence-electron chi connectivity index (χ4n) is 2.54. The Bertz CT molecular complexity index is 465. The molecule has 1 rings (SSSR count). The van der Waals surface area contributed by atoms with Gasteiger partial charge in [0.05, 0.1) is 24.3 Å². The second-order valence-corrected chi connectivity index (χ2v) is 5.64. The van der Waals surface area contributed by atoms with Gasteiger partial charge >= 0.3 is 5.97 Å². The Labute approximate surface area is 132 Å². The van der Waals surface area contributed by atoms with E-state index in [1.165, 1.54) is 20.8 Å². The lowest BCUT2D eigenvalue weighted by Crippen LogP contribution is -2.69. The molecule has 2 amide bonds. The Morgan fingerprint density at radius 2 is 1.83 bits per heavy atom. The van der Waals surface area contributed by atoms with E-state index in [4.69, 9.17) is 9.84 Å². The fraction of sp³-hybridized carbons (Fsp3) is 0.769. The molecule has 6 N–H and O–H groups in total. The molecule has 0 spiro atoms. The monoisotopic (exact) mass is 334 g/mol. The van der Waals surface area contributed by atoms with Gasteiger partial charge < -0.3 is 35.8 Å². The lowest BCUT2D eigenvalue weighted by Gasteiger charge is -2.45. The highest BCUT2D eigenvalue weighted by atomic mass is 16.7. The number of aliphatic hydroxyl groups is 3. The molecule has 10 nitrogen and oxygen atoms in total. The molecule has 132 valence electrons. The van der Waals surface area contributed by atoms with Crippen LogP contribution in [0.3, 0.4) is 0 Å². The number of ether oxygens (including phenoxy) is 1. The van der Waals surface area contributed by atoms with Gasteiger partial charge in [-0.05, 0) is 6.92 Å². The summed E-state index contributed by atoms with van der Waals surface area (Å²) in [6.07, 6.45) is -4.72. The minimum atomic E-state index is -2.70. The first-order valence-electron chi connectivity index (χ1n) is 7.02. The summed E-state index contributed by atoms with van der Waals surface area (Å²) in [5.74, 6) is -5.50. The molecule has 0 aromatic carbocycles. The van der Waals surface area contributed by atoms with Gasteiger partial charge in [-0.2, -0.15) is 0 Å². The normalized spacial score (nSPS) is 33.4. The highest BCUT2D eigenvalue weighted by molar-refractivity contribution is 5.76. The van der Waals surface area contributed by atoms with Crippen LogP contribution in [-0.2, 0) is 19.1 Å². The molecular weight excluding hydrogens is 312 g/mol. The van der Waals surface area contributed by atoms with Gasteiger partial charge in [-0.25, -0.2) is 4.79 Å². The van der Waals surface area contributed by atoms with Crippen molar-refractivity contribution in [3.05, 3.63) is 0 Å². The molecule has 1 heterocycles. The van der Waals surface area contributed by atoms with Crippen LogP contribution in [0, 0.1) is 0 Å². The molecule has 10 heteroatoms. The predicted octanol–water partition coefficient (Wildman–Crippen LogP) is -2.70. The Balaban J connectivity index is 3.21. The average Bonchev–Trinajstić information content (AvgIpc) is 2.38. The summed E-state index contributed by atoms with van der Waals surface area (Å²) in [4.78, 5) is 33.8. The summed E-state index contributed by atoms with van der Waals surface area (Å²) in [6.45, 7) is 3.67. The van der Waals surface area contributed by atoms with E-state index in [0.717, 1.165) is 0 Å². The molecule has 0 aliphatic carbocycles. The van der Waals surface area contributed by atoms with Crippen molar-refractivity contribution in [2.45, 2.75) is 63.4 Å². The molecule has 23 heavy (non-hydrogen) atoms. The molecule has 6 atom stereocenters. The number of amides is 2. The fourth-order valence-corrected chi connectivity index (χ4v) is 2.54. The Kier molecular flexibility index (Phi) is 6.05. The molecule has 1 aliphatic rings. The predicted molar refractivity (Wildman–Crippen MR) is 75.0 cm³/mol. The van der Waals surface area contributed by atoms with E-state index in [1.807, 2.05) is 0 Å². The first-order chi connectivity index (χ1) is 10.5. The van der Waals surface area contributed by atoms with Crippen molar-refractivity contribution in [3.8, 4) is 0 Å². The summed E-state index contributed by atoms with van der Waals surface area (Å²) in [5, 5.41) is 43.8. The van der Waals surface area contributed by atoms with Crippen molar-refractivity contribution in [2.75, 3.05) is 0 Å². The zero-order valence-corrected chi connectivity index (χ0v) is 13.0. The van der Waals surface area contributed by atoms with Crippen molar-refractivity contribution in [1.82, 2.24) is 10.6 Å². The Morgan fingerprint density at radius 1 is 1.26 bits per heavy atom. The number of aliphatic hydroxyl groups excluding tert-OH is 2. The van der Waals surface area contributed by atoms with E-state index in [0.29, 0.717) is 0 Å². The Morgan fingerprint density at radius 3 is 2.22 bits per heavy atom. The molecule has 1 unspecified atom stereocenters. The second-order valence-electron chi connectivity index (χ2n) is 5.64. The minimum Gasteiger partial charge on any atom is -0.477 e. The summed E-state index contributed by atoms with van der Waals surface area (Å²) in [6, 6.07) is -2.29. The number of hydrogen-bond donors (Lipinski definition) is 6. The van der Waals surface area contributed by atoms with Crippen LogP contribution >= 0.6 is 0 Å². The molecular formula is C13H22N2O8. The summed E-state index contributed by atoms with van der Waals surface area (Å²) < 4.78 is 5.15. The maximum Gasteiger partial charge on any atom is 0.364 e. The van der Waals surface area contributed by atoms with Gasteiger partial charge in [-0.1, -0.05) is 0 Å². The molecule has 1 aliphatic heterocycles. The number of carboxylic acids is 1. The van der Waals surface area contributed by atoms with Gasteiger partial charge in [-0.15, -0.1) is 0 Å². The Hall–Kier alpha value is -1.75. The average molecular weight is 334 g/mol. The topological polar surface area (TPSA) is 165 Å². The maximum absolute atomic E-state index is 11.3. The molecule has 0 radical (unpaired) electrons. The summed E-state index contributed by atoms with van der Waals surface area (Å²) >= 11 is 0. The molecule has 0 saturated carbocycles. The van der Waals surface area contributed by atoms with E-state index in [-0.39, 0.29) is 0 Å². The quantitative estimate of drug-likeness (QED) is 0.316. The standard InChI is InChI=1S/C13H22N2O8/c1-5(16)9(14-6(2)17)11-10(15-7(3)18)8(19)4-13(22,23-11)12(20)21/h5,8-11,16,19,22H,4H2,1-3H3,(H,14,17)(H,15,18)(H,20,21)/t5-,8+,9+,10+,11+,13?/m1/s1. The van der Waals surface area contributed by atoms with Crippen LogP contribution in [0.5, 0.6) is 0 Å². The van der Waals surface area contributed by atoms with E-state index in [2.05, 4.69) is 10.6 Å². The number of hydrogen-bond acceptors (Lipinski definition) is 7. The van der Waals surface area contributed by atoms with E-state index in [9.17, 15) is 29.7 Å². The first kappa shape index (κ1) is 19.3. The van der Waals surface area contributed by atoms with Crippen LogP contribution in [0.25, 0.3) is 0 Å². The van der Waals surface area contributed by atoms with Crippen LogP contribution in [-0.4, -0.2) is 74.4 Å². The zero-order valence-electron chi connectivity index (χ0n) is 13.0. The van der Waals surface area contributed by atoms with Gasteiger partial charge in [0.2, 0.25) is 11.8 Å². The third-order valence-electron chi connectivity index (χ3n) is 3.53. The number of carbonyl (C=O) groups excluding carboxylic acids is 2. The van der Waals surface area contributed by atoms with Gasteiger partial charge in [0.25, 0.3) is 5.79 Å². The van der Waals surface area contributed by atoms with Gasteiger partial charge in [-0.3, -0.25) is 9.59 Å². The van der Waals surface area contributed by atoms with Gasteiger partial charge in [0, 0.05) is 20.3 Å². The highest BCUT2D eigenvalue weighted by Gasteiger charge is 2.53. The number of carboxylic acid groups (broad SMARTS) is 1. The van der Waals surface area contributed by atoms with E-state index >= 15 is 0 Å². The van der Waals surface area contributed by atoms with Crippen molar-refractivity contribution >= 4 is 17.8 Å². The maximum atomic E-state index is 11.3. The first-order valence-corrected chi connectivity index (χ1v) is 7.02. The smallest absolute Gasteiger partial charge is 0.364 e. The number of nitrogens with one attached hydrogen (secondary N) is 2. The van der Waals surface area contributed by atoms with Crippen LogP contribution in [0.1, 0.15) is 27.2 Å². The lowest BCUT2D eigenvalue weighted by molar-refractivity contribution is -0.283. The van der Waals surface area contributed by atoms with E-state index in [1.54, 1.807) is 0 Å². The summed E-state index contributed by atoms with van der Waals surface area (Å²) in [5.41, 5.74) is 0. The van der Waals surface area contributed by atoms with Crippen LogP contribution in [0.15, 0.2) is 0 Å². The third-order valence-corrected chi connectivity index (χ3v) is 3.53. The zero-order chi connectivity index (χ0) is 17.9. The van der Waals surface area contributed by atoms with Crippen LogP contribution in [0.2, 0.25) is 0 Å². The van der Waals surface area contributed by atoms with Gasteiger partial charge in [0.15, 0.2) is 0 Å². The second kappa shape index (κ2) is 7.21. The highest BCUT2D eigenvalue weighted by Crippen LogP contribution is 2.30. The lowest BCUT2D eigenvalue weighted by atomic mass is 9.87. The van der Waals surface area contributed by atoms with E-state index < -0.39 is 60.4 Å². The minimum absolute atomic E-state index is 0.532. The van der Waals surface area contributed by atoms with Crippen molar-refractivity contribution in [3.63, 3.8) is 0 Å². The van der Waals surface area contributed by atoms with Crippen molar-refractivity contribution in [2.24, 2.45) is 0 Å². The molecule has 0 bridgehead atoms. The van der Waals surface area contributed by atoms with Gasteiger partial charge in [0.1, 0.15) is 6.10 Å². The SMILES string of the molecule is CC(=O)N[C@H]([C@@H]1OC(O)(C(=O)O)C[C@H](O)[C@@H]1NC(C)=O)[C@@H](C)O. The largest absolute Gasteiger partial charge is 0.477 e. The van der Waals surface area contributed by atoms with Crippen LogP contribution in [0.4, 0.5) is 0 Å². The van der Waals surface area contributed by atoms with Crippen molar-refractivity contribution < 1.29 is 39.5 Å². The molecule has 1 saturated heterocycles. The molecule has 0 aromatic heterocycles. The number of aliphatic carboxylic acids is 1. The van der Waals surface area contributed by atoms with Crippen LogP contribution < -0.4 is 10.6 Å². The summed E-state index contributed by atoms with van der Waals surface area (Å²) in [7, 11) is 0. The number of rotatable bonds is 5.